The lowest BCUT2D eigenvalue weighted by molar-refractivity contribution is 1.13. The third-order valence-corrected chi connectivity index (χ3v) is 7.60. The summed E-state index contributed by atoms with van der Waals surface area (Å²) >= 11 is 0. The van der Waals surface area contributed by atoms with Gasteiger partial charge in [-0.05, 0) is 77.5 Å². The highest BCUT2D eigenvalue weighted by Crippen LogP contribution is 2.37. The van der Waals surface area contributed by atoms with Crippen LogP contribution in [0.1, 0.15) is 0 Å². The number of nitrogens with zero attached hydrogens (tertiary/aromatic N) is 3. The van der Waals surface area contributed by atoms with Gasteiger partial charge in [0.05, 0.1) is 22.2 Å². The first-order valence-corrected chi connectivity index (χ1v) is 12.9. The lowest BCUT2D eigenvalue weighted by Gasteiger charge is -2.10. The van der Waals surface area contributed by atoms with Crippen molar-refractivity contribution in [2.75, 3.05) is 0 Å². The predicted molar refractivity (Wildman–Crippen MR) is 158 cm³/mol. The first-order chi connectivity index (χ1) is 18.8. The fourth-order valence-electron chi connectivity index (χ4n) is 5.82. The highest BCUT2D eigenvalue weighted by molar-refractivity contribution is 6.18. The van der Waals surface area contributed by atoms with Gasteiger partial charge in [-0.2, -0.15) is 0 Å². The van der Waals surface area contributed by atoms with Crippen LogP contribution in [-0.2, 0) is 0 Å². The molecular formula is C35H23N3. The van der Waals surface area contributed by atoms with Crippen LogP contribution >= 0.6 is 0 Å². The Morgan fingerprint density at radius 2 is 1.26 bits per heavy atom. The topological polar surface area (TPSA) is 22.8 Å². The molecule has 0 bridgehead atoms. The molecule has 5 aromatic carbocycles. The number of benzene rings is 5. The summed E-state index contributed by atoms with van der Waals surface area (Å²) in [5.41, 5.74) is 8.09. The van der Waals surface area contributed by atoms with E-state index in [1.165, 1.54) is 49.2 Å². The largest absolute Gasteiger partial charge is 0.317 e. The number of hydrogen-bond donors (Lipinski definition) is 0. The molecule has 3 nitrogen and oxygen atoms in total. The minimum atomic E-state index is 0.987. The van der Waals surface area contributed by atoms with Gasteiger partial charge in [-0.3, -0.25) is 4.98 Å². The van der Waals surface area contributed by atoms with Crippen LogP contribution in [0.25, 0.3) is 66.1 Å². The number of hydrogen-bond acceptors (Lipinski definition) is 1. The van der Waals surface area contributed by atoms with E-state index in [0.29, 0.717) is 0 Å². The first kappa shape index (κ1) is 21.0. The van der Waals surface area contributed by atoms with Crippen LogP contribution in [0.2, 0.25) is 0 Å². The van der Waals surface area contributed by atoms with Crippen molar-refractivity contribution in [1.29, 1.82) is 0 Å². The predicted octanol–water partition coefficient (Wildman–Crippen LogP) is 8.94. The lowest BCUT2D eigenvalue weighted by Crippen LogP contribution is -1.93. The molecule has 38 heavy (non-hydrogen) atoms. The Kier molecular flexibility index (Phi) is 4.52. The third-order valence-electron chi connectivity index (χ3n) is 7.60. The fourth-order valence-corrected chi connectivity index (χ4v) is 5.82. The molecule has 3 aromatic heterocycles. The minimum Gasteiger partial charge on any atom is -0.317 e. The van der Waals surface area contributed by atoms with Crippen LogP contribution < -0.4 is 0 Å². The Hall–Kier alpha value is -5.15. The molecule has 0 aliphatic rings. The average molecular weight is 486 g/mol. The minimum absolute atomic E-state index is 0.987. The van der Waals surface area contributed by atoms with Crippen molar-refractivity contribution in [3.63, 3.8) is 0 Å². The molecule has 0 fully saturated rings. The molecule has 0 radical (unpaired) electrons. The first-order valence-electron chi connectivity index (χ1n) is 12.9. The molecule has 0 N–H and O–H groups in total. The average Bonchev–Trinajstić information content (AvgIpc) is 3.56. The van der Waals surface area contributed by atoms with Crippen molar-refractivity contribution in [2.45, 2.75) is 0 Å². The molecule has 0 unspecified atom stereocenters. The van der Waals surface area contributed by atoms with E-state index in [-0.39, 0.29) is 0 Å². The molecule has 3 heterocycles. The third kappa shape index (κ3) is 3.12. The van der Waals surface area contributed by atoms with Crippen molar-refractivity contribution in [1.82, 2.24) is 14.1 Å². The van der Waals surface area contributed by atoms with Gasteiger partial charge < -0.3 is 9.13 Å². The van der Waals surface area contributed by atoms with Crippen molar-refractivity contribution < 1.29 is 0 Å². The highest BCUT2D eigenvalue weighted by Gasteiger charge is 2.15. The lowest BCUT2D eigenvalue weighted by atomic mass is 10.0. The van der Waals surface area contributed by atoms with Crippen LogP contribution in [0, 0.1) is 0 Å². The molecule has 0 spiro atoms. The van der Waals surface area contributed by atoms with Crippen molar-refractivity contribution >= 4 is 43.5 Å². The Balaban J connectivity index is 1.32. The normalized spacial score (nSPS) is 11.7. The van der Waals surface area contributed by atoms with Gasteiger partial charge in [0.1, 0.15) is 0 Å². The van der Waals surface area contributed by atoms with Crippen LogP contribution in [0.15, 0.2) is 140 Å². The summed E-state index contributed by atoms with van der Waals surface area (Å²) in [7, 11) is 0. The van der Waals surface area contributed by atoms with Gasteiger partial charge in [0.2, 0.25) is 0 Å². The quantitative estimate of drug-likeness (QED) is 0.245. The smallest absolute Gasteiger partial charge is 0.0701 e. The zero-order valence-electron chi connectivity index (χ0n) is 20.6. The van der Waals surface area contributed by atoms with Gasteiger partial charge in [-0.15, -0.1) is 0 Å². The van der Waals surface area contributed by atoms with E-state index in [1.807, 2.05) is 24.4 Å². The number of fused-ring (bicyclic) bond motifs is 6. The Morgan fingerprint density at radius 1 is 0.474 bits per heavy atom. The summed E-state index contributed by atoms with van der Waals surface area (Å²) in [6, 6.07) is 45.4. The van der Waals surface area contributed by atoms with E-state index in [0.717, 1.165) is 16.9 Å². The Morgan fingerprint density at radius 3 is 2.11 bits per heavy atom. The maximum Gasteiger partial charge on any atom is 0.0701 e. The molecule has 0 saturated heterocycles. The van der Waals surface area contributed by atoms with Gasteiger partial charge in [0.25, 0.3) is 0 Å². The van der Waals surface area contributed by atoms with E-state index in [9.17, 15) is 0 Å². The second-order valence-electron chi connectivity index (χ2n) is 9.72. The molecule has 0 amide bonds. The summed E-state index contributed by atoms with van der Waals surface area (Å²) in [5, 5.41) is 6.32. The number of aromatic nitrogens is 3. The zero-order chi connectivity index (χ0) is 25.1. The Bertz CT molecular complexity index is 2100. The van der Waals surface area contributed by atoms with Gasteiger partial charge >= 0.3 is 0 Å². The zero-order valence-corrected chi connectivity index (χ0v) is 20.6. The fraction of sp³-hybridized carbons (Fsp3) is 0. The number of rotatable bonds is 3. The second kappa shape index (κ2) is 8.19. The van der Waals surface area contributed by atoms with Gasteiger partial charge in [-0.1, -0.05) is 60.7 Å². The van der Waals surface area contributed by atoms with E-state index in [2.05, 4.69) is 130 Å². The molecule has 8 aromatic rings. The summed E-state index contributed by atoms with van der Waals surface area (Å²) in [5.74, 6) is 0. The Labute approximate surface area is 219 Å². The molecule has 178 valence electrons. The molecule has 0 atom stereocenters. The molecule has 0 aliphatic carbocycles. The van der Waals surface area contributed by atoms with Crippen LogP contribution in [0.3, 0.4) is 0 Å². The van der Waals surface area contributed by atoms with Gasteiger partial charge in [0, 0.05) is 45.5 Å². The SMILES string of the molecule is c1ccc(-n2c3ccccc3c3cc4c(ccc5c4ccn5-c4ccc(-c5ccccn5)cc4)cc32)cc1. The van der Waals surface area contributed by atoms with Crippen LogP contribution in [-0.4, -0.2) is 14.1 Å². The van der Waals surface area contributed by atoms with Crippen LogP contribution in [0.5, 0.6) is 0 Å². The molecule has 0 aliphatic heterocycles. The molecule has 0 saturated carbocycles. The van der Waals surface area contributed by atoms with E-state index in [4.69, 9.17) is 0 Å². The van der Waals surface area contributed by atoms with Crippen molar-refractivity contribution in [3.05, 3.63) is 140 Å². The molecule has 8 rings (SSSR count). The molecular weight excluding hydrogens is 462 g/mol. The number of pyridine rings is 1. The van der Waals surface area contributed by atoms with E-state index in [1.54, 1.807) is 0 Å². The standard InChI is InChI=1S/C35H23N3/c1-2-8-27(9-3-1)38-34-12-5-4-10-28(34)31-23-30-25(22-35(31)38)15-18-33-29(30)19-21-37(33)26-16-13-24(14-17-26)32-11-6-7-20-36-32/h1-23H. The van der Waals surface area contributed by atoms with E-state index < -0.39 is 0 Å². The maximum absolute atomic E-state index is 4.48. The molecule has 3 heteroatoms. The summed E-state index contributed by atoms with van der Waals surface area (Å²) in [6.45, 7) is 0. The summed E-state index contributed by atoms with van der Waals surface area (Å²) in [4.78, 5) is 4.48. The summed E-state index contributed by atoms with van der Waals surface area (Å²) in [6.07, 6.45) is 4.01. The van der Waals surface area contributed by atoms with Crippen molar-refractivity contribution in [3.8, 4) is 22.6 Å². The monoisotopic (exact) mass is 485 g/mol. The second-order valence-corrected chi connectivity index (χ2v) is 9.72. The number of para-hydroxylation sites is 2. The highest BCUT2D eigenvalue weighted by atomic mass is 15.0. The van der Waals surface area contributed by atoms with Gasteiger partial charge in [-0.25, -0.2) is 0 Å². The van der Waals surface area contributed by atoms with Crippen molar-refractivity contribution in [2.24, 2.45) is 0 Å². The van der Waals surface area contributed by atoms with Gasteiger partial charge in [0.15, 0.2) is 0 Å². The van der Waals surface area contributed by atoms with E-state index >= 15 is 0 Å². The van der Waals surface area contributed by atoms with Crippen LogP contribution in [0.4, 0.5) is 0 Å². The summed E-state index contributed by atoms with van der Waals surface area (Å²) < 4.78 is 4.65. The maximum atomic E-state index is 4.48.